The van der Waals surface area contributed by atoms with Gasteiger partial charge in [0.05, 0.1) is 56.0 Å². The molecule has 0 atom stereocenters. The van der Waals surface area contributed by atoms with E-state index in [4.69, 9.17) is 39.9 Å². The molecule has 0 fully saturated rings. The number of aromatic nitrogens is 5. The number of anilines is 3. The van der Waals surface area contributed by atoms with Gasteiger partial charge in [-0.25, -0.2) is 9.97 Å². The highest BCUT2D eigenvalue weighted by Crippen LogP contribution is 2.45. The third kappa shape index (κ3) is 7.50. The van der Waals surface area contributed by atoms with Gasteiger partial charge < -0.3 is 14.7 Å². The highest BCUT2D eigenvalue weighted by atomic mass is 15.4. The third-order valence-electron chi connectivity index (χ3n) is 15.5. The van der Waals surface area contributed by atoms with Crippen LogP contribution in [0, 0.1) is 0 Å². The molecule has 0 aliphatic carbocycles. The average Bonchev–Trinajstić information content (AvgIpc) is 3.76. The molecule has 3 aliphatic heterocycles. The molecule has 69 heavy (non-hydrogen) atoms. The predicted octanol–water partition coefficient (Wildman–Crippen LogP) is 12.1. The Morgan fingerprint density at radius 1 is 0.319 bits per heavy atom. The van der Waals surface area contributed by atoms with Gasteiger partial charge in [0.1, 0.15) is 23.2 Å². The maximum absolute atomic E-state index is 5.30. The number of nitrogens with zero attached hydrogens (tertiary/aromatic N) is 11. The molecular formula is C58H61N11. The highest BCUT2D eigenvalue weighted by Gasteiger charge is 2.52. The van der Waals surface area contributed by atoms with Crippen molar-refractivity contribution in [3.8, 4) is 34.3 Å². The van der Waals surface area contributed by atoms with Crippen LogP contribution in [0.15, 0.2) is 167 Å². The van der Waals surface area contributed by atoms with Crippen molar-refractivity contribution in [1.82, 2.24) is 24.9 Å². The first-order valence-corrected chi connectivity index (χ1v) is 23.9. The monoisotopic (exact) mass is 912 g/mol. The number of pyridine rings is 3. The van der Waals surface area contributed by atoms with Crippen molar-refractivity contribution in [3.63, 3.8) is 0 Å². The van der Waals surface area contributed by atoms with Crippen LogP contribution in [0.4, 0.5) is 17.1 Å². The topological polar surface area (TPSA) is 111 Å². The SMILES string of the molecule is CC1(C)N=C(c2ccc(-c3cc(-c4ccc(C5=NC(C)(C)C(C)(C)N5c5ccccc5)cn4)nc(-c4ccc(C5=NC(C)(C)C(C)(C)N5c5ccccc5)cn4)n3)nc2)N(c2ccccc2)C1(C)C. The molecule has 0 saturated carbocycles. The third-order valence-corrected chi connectivity index (χ3v) is 15.5. The number of benzene rings is 3. The van der Waals surface area contributed by atoms with E-state index >= 15 is 0 Å². The maximum atomic E-state index is 5.30. The summed E-state index contributed by atoms with van der Waals surface area (Å²) in [6.07, 6.45) is 5.68. The first-order valence-electron chi connectivity index (χ1n) is 23.9. The number of amidine groups is 3. The van der Waals surface area contributed by atoms with E-state index in [2.05, 4.69) is 189 Å². The summed E-state index contributed by atoms with van der Waals surface area (Å²) in [7, 11) is 0. The zero-order valence-corrected chi connectivity index (χ0v) is 41.9. The second-order valence-corrected chi connectivity index (χ2v) is 21.4. The Morgan fingerprint density at radius 3 is 0.884 bits per heavy atom. The van der Waals surface area contributed by atoms with Gasteiger partial charge in [0, 0.05) is 52.3 Å². The summed E-state index contributed by atoms with van der Waals surface area (Å²) < 4.78 is 0. The second-order valence-electron chi connectivity index (χ2n) is 21.4. The molecule has 348 valence electrons. The molecule has 0 amide bonds. The van der Waals surface area contributed by atoms with Crippen LogP contribution in [0.1, 0.15) is 99.8 Å². The largest absolute Gasteiger partial charge is 0.318 e. The quantitative estimate of drug-likeness (QED) is 0.141. The van der Waals surface area contributed by atoms with Crippen LogP contribution >= 0.6 is 0 Å². The van der Waals surface area contributed by atoms with Crippen molar-refractivity contribution in [3.05, 3.63) is 169 Å². The van der Waals surface area contributed by atoms with Crippen molar-refractivity contribution >= 4 is 34.6 Å². The number of hydrogen-bond acceptors (Lipinski definition) is 11. The molecule has 11 nitrogen and oxygen atoms in total. The van der Waals surface area contributed by atoms with E-state index in [0.29, 0.717) is 34.3 Å². The normalized spacial score (nSPS) is 19.3. The summed E-state index contributed by atoms with van der Waals surface area (Å²) in [6, 6.07) is 45.5. The summed E-state index contributed by atoms with van der Waals surface area (Å²) in [5, 5.41) is 0. The summed E-state index contributed by atoms with van der Waals surface area (Å²) in [5.41, 5.74) is 7.30. The molecule has 3 aliphatic rings. The Kier molecular flexibility index (Phi) is 10.6. The number of aliphatic imine (C=N–C) groups is 3. The van der Waals surface area contributed by atoms with Gasteiger partial charge in [-0.3, -0.25) is 29.9 Å². The lowest BCUT2D eigenvalue weighted by molar-refractivity contribution is 0.338. The average molecular weight is 912 g/mol. The van der Waals surface area contributed by atoms with E-state index in [-0.39, 0.29) is 33.2 Å². The molecule has 0 bridgehead atoms. The first-order chi connectivity index (χ1) is 32.7. The summed E-state index contributed by atoms with van der Waals surface area (Å²) in [4.78, 5) is 48.3. The molecule has 7 aromatic rings. The van der Waals surface area contributed by atoms with Crippen molar-refractivity contribution in [2.24, 2.45) is 15.0 Å². The van der Waals surface area contributed by atoms with E-state index < -0.39 is 0 Å². The summed E-state index contributed by atoms with van der Waals surface area (Å²) in [6.45, 7) is 26.6. The molecule has 0 unspecified atom stereocenters. The van der Waals surface area contributed by atoms with E-state index in [0.717, 1.165) is 51.3 Å². The Hall–Kier alpha value is -7.40. The standard InChI is InChI=1S/C58H61N11/c1-53(2)56(7,8)67(41-22-16-13-17-23-41)50(64-53)38-28-31-44(59-35-38)47-34-48(45-32-29-39(36-60-45)51-65-54(3,4)57(9,10)68(51)42-24-18-14-19-25-42)63-49(62-47)46-33-30-40(37-61-46)52-66-55(5,6)58(11,12)69(52)43-26-20-15-21-27-43/h13-37H,1-12H3. The van der Waals surface area contributed by atoms with Crippen molar-refractivity contribution in [2.75, 3.05) is 14.7 Å². The van der Waals surface area contributed by atoms with Crippen molar-refractivity contribution in [1.29, 1.82) is 0 Å². The van der Waals surface area contributed by atoms with E-state index in [1.165, 1.54) is 0 Å². The lowest BCUT2D eigenvalue weighted by Crippen LogP contribution is -2.53. The first kappa shape index (κ1) is 45.4. The van der Waals surface area contributed by atoms with Gasteiger partial charge in [0.15, 0.2) is 5.82 Å². The van der Waals surface area contributed by atoms with Crippen LogP contribution in [0.25, 0.3) is 34.3 Å². The van der Waals surface area contributed by atoms with Crippen LogP contribution in [0.5, 0.6) is 0 Å². The van der Waals surface area contributed by atoms with Gasteiger partial charge in [-0.2, -0.15) is 0 Å². The van der Waals surface area contributed by atoms with Crippen LogP contribution < -0.4 is 14.7 Å². The molecule has 0 spiro atoms. The predicted molar refractivity (Wildman–Crippen MR) is 283 cm³/mol. The molecule has 3 aromatic carbocycles. The fourth-order valence-electron chi connectivity index (χ4n) is 9.45. The zero-order chi connectivity index (χ0) is 48.7. The van der Waals surface area contributed by atoms with Crippen LogP contribution in [-0.2, 0) is 0 Å². The summed E-state index contributed by atoms with van der Waals surface area (Å²) in [5.74, 6) is 3.08. The molecule has 10 rings (SSSR count). The molecule has 0 N–H and O–H groups in total. The van der Waals surface area contributed by atoms with Crippen LogP contribution in [0.2, 0.25) is 0 Å². The number of hydrogen-bond donors (Lipinski definition) is 0. The lowest BCUT2D eigenvalue weighted by atomic mass is 9.83. The van der Waals surface area contributed by atoms with Gasteiger partial charge in [0.2, 0.25) is 0 Å². The molecular weight excluding hydrogens is 851 g/mol. The molecule has 0 radical (unpaired) electrons. The van der Waals surface area contributed by atoms with E-state index in [1.54, 1.807) is 0 Å². The van der Waals surface area contributed by atoms with Crippen molar-refractivity contribution < 1.29 is 0 Å². The van der Waals surface area contributed by atoms with E-state index in [1.807, 2.05) is 61.1 Å². The van der Waals surface area contributed by atoms with Crippen molar-refractivity contribution in [2.45, 2.75) is 116 Å². The van der Waals surface area contributed by atoms with Gasteiger partial charge in [0.25, 0.3) is 0 Å². The molecule has 11 heteroatoms. The lowest BCUT2D eigenvalue weighted by Gasteiger charge is -2.41. The van der Waals surface area contributed by atoms with Crippen LogP contribution in [0.3, 0.4) is 0 Å². The minimum atomic E-state index is -0.360. The number of para-hydroxylation sites is 3. The molecule has 4 aromatic heterocycles. The fourth-order valence-corrected chi connectivity index (χ4v) is 9.45. The Labute approximate surface area is 406 Å². The zero-order valence-electron chi connectivity index (χ0n) is 41.9. The van der Waals surface area contributed by atoms with Gasteiger partial charge in [-0.05, 0) is 162 Å². The summed E-state index contributed by atoms with van der Waals surface area (Å²) >= 11 is 0. The van der Waals surface area contributed by atoms with Gasteiger partial charge in [-0.1, -0.05) is 54.6 Å². The molecule has 0 saturated heterocycles. The Bertz CT molecular complexity index is 2780. The molecule has 7 heterocycles. The van der Waals surface area contributed by atoms with E-state index in [9.17, 15) is 0 Å². The minimum absolute atomic E-state index is 0.295. The minimum Gasteiger partial charge on any atom is -0.318 e. The van der Waals surface area contributed by atoms with Gasteiger partial charge >= 0.3 is 0 Å². The van der Waals surface area contributed by atoms with Gasteiger partial charge in [-0.15, -0.1) is 0 Å². The highest BCUT2D eigenvalue weighted by molar-refractivity contribution is 6.14. The van der Waals surface area contributed by atoms with Crippen LogP contribution in [-0.4, -0.2) is 75.7 Å². The smallest absolute Gasteiger partial charge is 0.179 e. The second kappa shape index (κ2) is 16.1. The number of rotatable bonds is 9. The maximum Gasteiger partial charge on any atom is 0.179 e. The Morgan fingerprint density at radius 2 is 0.609 bits per heavy atom. The fraction of sp³-hybridized carbons (Fsp3) is 0.310. The Balaban J connectivity index is 1.05.